The van der Waals surface area contributed by atoms with Crippen LogP contribution < -0.4 is 4.74 Å². The summed E-state index contributed by atoms with van der Waals surface area (Å²) < 4.78 is 7.58. The molecule has 158 valence electrons. The SMILES string of the molecule is COc1ccccc1-n1c(SCC(=O)N2C(C)CCCC2C)nnc1-c1cccs1. The van der Waals surface area contributed by atoms with Gasteiger partial charge in [0.15, 0.2) is 11.0 Å². The molecule has 0 aliphatic carbocycles. The zero-order valence-electron chi connectivity index (χ0n) is 17.4. The van der Waals surface area contributed by atoms with Crippen LogP contribution in [0.4, 0.5) is 0 Å². The van der Waals surface area contributed by atoms with Gasteiger partial charge in [0, 0.05) is 12.1 Å². The van der Waals surface area contributed by atoms with E-state index >= 15 is 0 Å². The minimum Gasteiger partial charge on any atom is -0.495 e. The number of nitrogens with zero attached hydrogens (tertiary/aromatic N) is 4. The van der Waals surface area contributed by atoms with Crippen LogP contribution in [-0.2, 0) is 4.79 Å². The molecule has 1 aromatic carbocycles. The molecule has 1 saturated heterocycles. The van der Waals surface area contributed by atoms with Gasteiger partial charge in [-0.15, -0.1) is 21.5 Å². The molecule has 0 spiro atoms. The fourth-order valence-corrected chi connectivity index (χ4v) is 5.59. The summed E-state index contributed by atoms with van der Waals surface area (Å²) >= 11 is 3.04. The Labute approximate surface area is 185 Å². The topological polar surface area (TPSA) is 60.2 Å². The molecule has 2 aromatic heterocycles. The van der Waals surface area contributed by atoms with Crippen molar-refractivity contribution < 1.29 is 9.53 Å². The summed E-state index contributed by atoms with van der Waals surface area (Å²) in [5.41, 5.74) is 0.864. The summed E-state index contributed by atoms with van der Waals surface area (Å²) in [6.07, 6.45) is 3.33. The van der Waals surface area contributed by atoms with Gasteiger partial charge in [-0.1, -0.05) is 30.0 Å². The van der Waals surface area contributed by atoms with Crippen molar-refractivity contribution in [1.82, 2.24) is 19.7 Å². The Morgan fingerprint density at radius 1 is 1.17 bits per heavy atom. The fourth-order valence-electron chi connectivity index (χ4n) is 4.07. The standard InChI is InChI=1S/C22H26N4O2S2/c1-15-8-6-9-16(2)25(15)20(27)14-30-22-24-23-21(19-12-7-13-29-19)26(22)17-10-4-5-11-18(17)28-3/h4-5,7,10-13,15-16H,6,8-9,14H2,1-3H3. The van der Waals surface area contributed by atoms with Crippen LogP contribution >= 0.6 is 23.1 Å². The number of para-hydroxylation sites is 2. The molecule has 30 heavy (non-hydrogen) atoms. The predicted molar refractivity (Wildman–Crippen MR) is 122 cm³/mol. The molecule has 2 unspecified atom stereocenters. The second kappa shape index (κ2) is 9.22. The Morgan fingerprint density at radius 2 is 1.93 bits per heavy atom. The van der Waals surface area contributed by atoms with Gasteiger partial charge in [0.05, 0.1) is 23.4 Å². The third kappa shape index (κ3) is 4.11. The molecule has 0 N–H and O–H groups in total. The van der Waals surface area contributed by atoms with E-state index in [0.29, 0.717) is 10.9 Å². The summed E-state index contributed by atoms with van der Waals surface area (Å²) in [5, 5.41) is 11.6. The molecule has 0 saturated carbocycles. The number of carbonyl (C=O) groups excluding carboxylic acids is 1. The van der Waals surface area contributed by atoms with Gasteiger partial charge < -0.3 is 9.64 Å². The van der Waals surface area contributed by atoms with Crippen LogP contribution in [0, 0.1) is 0 Å². The highest BCUT2D eigenvalue weighted by molar-refractivity contribution is 7.99. The number of carbonyl (C=O) groups is 1. The molecule has 0 bridgehead atoms. The van der Waals surface area contributed by atoms with Gasteiger partial charge in [-0.05, 0) is 56.7 Å². The van der Waals surface area contributed by atoms with Crippen molar-refractivity contribution in [2.75, 3.05) is 12.9 Å². The summed E-state index contributed by atoms with van der Waals surface area (Å²) in [7, 11) is 1.66. The highest BCUT2D eigenvalue weighted by Gasteiger charge is 2.29. The molecule has 2 atom stereocenters. The number of likely N-dealkylation sites (tertiary alicyclic amines) is 1. The van der Waals surface area contributed by atoms with Gasteiger partial charge in [0.2, 0.25) is 5.91 Å². The number of piperidine rings is 1. The Kier molecular flexibility index (Phi) is 6.43. The van der Waals surface area contributed by atoms with E-state index in [9.17, 15) is 4.79 Å². The van der Waals surface area contributed by atoms with Crippen molar-refractivity contribution in [3.05, 3.63) is 41.8 Å². The number of ether oxygens (including phenoxy) is 1. The number of methoxy groups -OCH3 is 1. The smallest absolute Gasteiger partial charge is 0.233 e. The van der Waals surface area contributed by atoms with Crippen LogP contribution in [0.3, 0.4) is 0 Å². The lowest BCUT2D eigenvalue weighted by atomic mass is 9.98. The molecular weight excluding hydrogens is 416 g/mol. The first kappa shape index (κ1) is 20.9. The van der Waals surface area contributed by atoms with Crippen molar-refractivity contribution in [2.24, 2.45) is 0 Å². The lowest BCUT2D eigenvalue weighted by Crippen LogP contribution is -2.48. The van der Waals surface area contributed by atoms with Crippen molar-refractivity contribution in [1.29, 1.82) is 0 Å². The lowest BCUT2D eigenvalue weighted by Gasteiger charge is -2.39. The van der Waals surface area contributed by atoms with Gasteiger partial charge >= 0.3 is 0 Å². The highest BCUT2D eigenvalue weighted by Crippen LogP contribution is 2.34. The number of benzene rings is 1. The number of thioether (sulfide) groups is 1. The van der Waals surface area contributed by atoms with Gasteiger partial charge in [0.25, 0.3) is 0 Å². The van der Waals surface area contributed by atoms with Crippen molar-refractivity contribution in [3.63, 3.8) is 0 Å². The van der Waals surface area contributed by atoms with Crippen LogP contribution in [0.5, 0.6) is 5.75 Å². The number of hydrogen-bond acceptors (Lipinski definition) is 6. The molecule has 0 radical (unpaired) electrons. The van der Waals surface area contributed by atoms with E-state index in [-0.39, 0.29) is 18.0 Å². The van der Waals surface area contributed by atoms with Crippen LogP contribution in [0.15, 0.2) is 46.9 Å². The predicted octanol–water partition coefficient (Wildman–Crippen LogP) is 4.89. The summed E-state index contributed by atoms with van der Waals surface area (Å²) in [5.74, 6) is 1.99. The second-order valence-corrected chi connectivity index (χ2v) is 9.40. The molecular formula is C22H26N4O2S2. The first-order valence-corrected chi connectivity index (χ1v) is 12.0. The number of amides is 1. The molecule has 6 nitrogen and oxygen atoms in total. The third-order valence-electron chi connectivity index (χ3n) is 5.51. The molecule has 3 heterocycles. The van der Waals surface area contributed by atoms with Crippen LogP contribution in [0.1, 0.15) is 33.1 Å². The minimum absolute atomic E-state index is 0.159. The van der Waals surface area contributed by atoms with Crippen molar-refractivity contribution >= 4 is 29.0 Å². The molecule has 8 heteroatoms. The van der Waals surface area contributed by atoms with E-state index in [1.165, 1.54) is 18.2 Å². The van der Waals surface area contributed by atoms with Gasteiger partial charge in [-0.2, -0.15) is 0 Å². The van der Waals surface area contributed by atoms with E-state index in [1.807, 2.05) is 51.2 Å². The zero-order chi connectivity index (χ0) is 21.1. The maximum Gasteiger partial charge on any atom is 0.233 e. The van der Waals surface area contributed by atoms with Gasteiger partial charge in [-0.3, -0.25) is 9.36 Å². The third-order valence-corrected chi connectivity index (χ3v) is 7.29. The van der Waals surface area contributed by atoms with E-state index in [2.05, 4.69) is 24.0 Å². The maximum absolute atomic E-state index is 13.0. The normalized spacial score (nSPS) is 19.1. The Bertz CT molecular complexity index is 992. The summed E-state index contributed by atoms with van der Waals surface area (Å²) in [4.78, 5) is 16.1. The van der Waals surface area contributed by atoms with Crippen LogP contribution in [0.2, 0.25) is 0 Å². The number of rotatable bonds is 6. The maximum atomic E-state index is 13.0. The largest absolute Gasteiger partial charge is 0.495 e. The number of thiophene rings is 1. The monoisotopic (exact) mass is 442 g/mol. The van der Waals surface area contributed by atoms with E-state index in [0.717, 1.165) is 35.0 Å². The summed E-state index contributed by atoms with van der Waals surface area (Å²) in [6.45, 7) is 4.29. The number of aromatic nitrogens is 3. The van der Waals surface area contributed by atoms with E-state index in [4.69, 9.17) is 4.74 Å². The van der Waals surface area contributed by atoms with Crippen molar-refractivity contribution in [3.8, 4) is 22.1 Å². The molecule has 1 aliphatic heterocycles. The zero-order valence-corrected chi connectivity index (χ0v) is 19.1. The summed E-state index contributed by atoms with van der Waals surface area (Å²) in [6, 6.07) is 12.4. The first-order valence-electron chi connectivity index (χ1n) is 10.2. The Morgan fingerprint density at radius 3 is 2.63 bits per heavy atom. The molecule has 3 aromatic rings. The molecule has 1 amide bonds. The van der Waals surface area contributed by atoms with Crippen LogP contribution in [-0.4, -0.2) is 50.5 Å². The molecule has 4 rings (SSSR count). The Hall–Kier alpha value is -2.32. The quantitative estimate of drug-likeness (QED) is 0.509. The minimum atomic E-state index is 0.159. The first-order chi connectivity index (χ1) is 14.6. The van der Waals surface area contributed by atoms with E-state index in [1.54, 1.807) is 18.4 Å². The molecule has 1 aliphatic rings. The highest BCUT2D eigenvalue weighted by atomic mass is 32.2. The van der Waals surface area contributed by atoms with Gasteiger partial charge in [0.1, 0.15) is 5.75 Å². The van der Waals surface area contributed by atoms with Crippen LogP contribution in [0.25, 0.3) is 16.4 Å². The second-order valence-electron chi connectivity index (χ2n) is 7.51. The average Bonchev–Trinajstić information content (AvgIpc) is 3.41. The fraction of sp³-hybridized carbons (Fsp3) is 0.409. The molecule has 1 fully saturated rings. The van der Waals surface area contributed by atoms with E-state index < -0.39 is 0 Å². The lowest BCUT2D eigenvalue weighted by molar-refractivity contribution is -0.134. The number of hydrogen-bond donors (Lipinski definition) is 0. The average molecular weight is 443 g/mol. The Balaban J connectivity index is 1.65. The van der Waals surface area contributed by atoms with Crippen molar-refractivity contribution in [2.45, 2.75) is 50.4 Å². The van der Waals surface area contributed by atoms with Gasteiger partial charge in [-0.25, -0.2) is 0 Å².